The number of carbonyl (C=O) groups excluding carboxylic acids is 3. The lowest BCUT2D eigenvalue weighted by atomic mass is 10.1. The Bertz CT molecular complexity index is 1500. The van der Waals surface area contributed by atoms with Crippen LogP contribution in [-0.4, -0.2) is 61.9 Å². The maximum Gasteiger partial charge on any atom is 0.307 e. The molecule has 1 fully saturated rings. The number of allylic oxidation sites excluding steroid dienone is 4. The summed E-state index contributed by atoms with van der Waals surface area (Å²) in [5, 5.41) is 17.6. The van der Waals surface area contributed by atoms with Crippen molar-refractivity contribution in [2.75, 3.05) is 19.0 Å². The second-order valence-corrected chi connectivity index (χ2v) is 10.4. The Morgan fingerprint density at radius 3 is 2.88 bits per heavy atom. The number of carbonyl (C=O) groups is 3. The van der Waals surface area contributed by atoms with Gasteiger partial charge in [-0.1, -0.05) is 30.9 Å². The number of fused-ring (bicyclic) bond motifs is 1. The number of halogens is 2. The fourth-order valence-electron chi connectivity index (χ4n) is 4.48. The van der Waals surface area contributed by atoms with Gasteiger partial charge in [0.25, 0.3) is 5.91 Å². The number of ether oxygens (including phenoxy) is 1. The average Bonchev–Trinajstić information content (AvgIpc) is 3.73. The predicted octanol–water partition coefficient (Wildman–Crippen LogP) is 4.86. The van der Waals surface area contributed by atoms with E-state index in [1.54, 1.807) is 17.2 Å². The van der Waals surface area contributed by atoms with Gasteiger partial charge in [-0.15, -0.1) is 33.1 Å². The zero-order valence-corrected chi connectivity index (χ0v) is 24.1. The van der Waals surface area contributed by atoms with Crippen LogP contribution in [0.1, 0.15) is 54.8 Å². The molecule has 2 amide bonds. The summed E-state index contributed by atoms with van der Waals surface area (Å²) in [6, 6.07) is 7.08. The predicted molar refractivity (Wildman–Crippen MR) is 154 cm³/mol. The number of aromatic nitrogens is 4. The van der Waals surface area contributed by atoms with Gasteiger partial charge in [-0.3, -0.25) is 14.4 Å². The summed E-state index contributed by atoms with van der Waals surface area (Å²) in [4.78, 5) is 40.6. The molecule has 4 rings (SSSR count). The van der Waals surface area contributed by atoms with Crippen molar-refractivity contribution in [3.8, 4) is 0 Å². The van der Waals surface area contributed by atoms with Gasteiger partial charge < -0.3 is 15.0 Å². The zero-order chi connectivity index (χ0) is 29.4. The number of aryl methyl sites for hydroxylation is 1. The molecule has 1 saturated heterocycles. The molecule has 1 aliphatic heterocycles. The quantitative estimate of drug-likeness (QED) is 0.179. The van der Waals surface area contributed by atoms with Crippen LogP contribution in [-0.2, 0) is 20.9 Å². The molecule has 3 heterocycles. The summed E-state index contributed by atoms with van der Waals surface area (Å²) in [5.74, 6) is -1.60. The third-order valence-corrected chi connectivity index (χ3v) is 7.75. The van der Waals surface area contributed by atoms with Crippen LogP contribution < -0.4 is 5.32 Å². The molecule has 3 aromatic rings. The van der Waals surface area contributed by atoms with Crippen LogP contribution in [0.5, 0.6) is 0 Å². The van der Waals surface area contributed by atoms with Gasteiger partial charge in [-0.2, -0.15) is 4.80 Å². The number of likely N-dealkylation sites (tertiary alicyclic amines) is 1. The number of nitrogens with zero attached hydrogens (tertiary/aromatic N) is 5. The van der Waals surface area contributed by atoms with Gasteiger partial charge in [0, 0.05) is 27.7 Å². The van der Waals surface area contributed by atoms with Gasteiger partial charge in [0.2, 0.25) is 5.91 Å². The molecule has 1 aromatic carbocycles. The highest BCUT2D eigenvalue weighted by atomic mass is 35.5. The fourth-order valence-corrected chi connectivity index (χ4v) is 5.57. The van der Waals surface area contributed by atoms with E-state index in [9.17, 15) is 14.4 Å². The number of nitrogens with one attached hydrogen (secondary N) is 1. The third-order valence-electron chi connectivity index (χ3n) is 6.50. The molecular weight excluding hydrogens is 571 g/mol. The SMILES string of the molecule is C=C/C(CC(=O)N1CCCC1c1nnn(CCC(=O)OCC)n1)=C(F)\C=C(/CCl)NC(=O)c1csc2ccccc12. The minimum absolute atomic E-state index is 0.0598. The smallest absolute Gasteiger partial charge is 0.307 e. The van der Waals surface area contributed by atoms with E-state index in [1.165, 1.54) is 22.2 Å². The fraction of sp³-hybridized carbons (Fsp3) is 0.357. The Labute approximate surface area is 245 Å². The molecule has 216 valence electrons. The number of amides is 2. The highest BCUT2D eigenvalue weighted by Gasteiger charge is 2.33. The highest BCUT2D eigenvalue weighted by molar-refractivity contribution is 7.17. The van der Waals surface area contributed by atoms with Gasteiger partial charge in [0.1, 0.15) is 5.83 Å². The average molecular weight is 601 g/mol. The summed E-state index contributed by atoms with van der Waals surface area (Å²) in [6.45, 7) is 6.35. The van der Waals surface area contributed by atoms with Crippen molar-refractivity contribution in [2.45, 2.75) is 45.2 Å². The van der Waals surface area contributed by atoms with Crippen molar-refractivity contribution in [1.29, 1.82) is 0 Å². The van der Waals surface area contributed by atoms with E-state index in [2.05, 4.69) is 27.3 Å². The number of hydrogen-bond acceptors (Lipinski definition) is 8. The number of rotatable bonds is 12. The normalized spacial score (nSPS) is 16.0. The molecule has 1 atom stereocenters. The number of alkyl halides is 1. The molecule has 10 nitrogen and oxygen atoms in total. The van der Waals surface area contributed by atoms with Gasteiger partial charge >= 0.3 is 5.97 Å². The van der Waals surface area contributed by atoms with E-state index in [0.29, 0.717) is 31.0 Å². The van der Waals surface area contributed by atoms with Crippen molar-refractivity contribution in [2.24, 2.45) is 0 Å². The number of hydrogen-bond donors (Lipinski definition) is 1. The molecule has 13 heteroatoms. The maximum absolute atomic E-state index is 15.3. The lowest BCUT2D eigenvalue weighted by Crippen LogP contribution is -2.31. The standard InChI is InChI=1S/C28H30ClFN6O4S/c1-3-18(22(30)15-19(16-29)31-28(39)21-17-41-24-10-6-5-8-20(21)24)14-25(37)35-12-7-9-23(35)27-32-34-36(33-27)13-11-26(38)40-4-2/h3,5-6,8,10,15,17,23H,1,4,7,9,11-14,16H2,2H3,(H,31,39)/b19-15+,22-18-. The molecule has 41 heavy (non-hydrogen) atoms. The zero-order valence-electron chi connectivity index (χ0n) is 22.5. The molecule has 0 radical (unpaired) electrons. The van der Waals surface area contributed by atoms with Crippen LogP contribution >= 0.6 is 22.9 Å². The van der Waals surface area contributed by atoms with E-state index in [0.717, 1.165) is 22.6 Å². The second kappa shape index (κ2) is 14.1. The summed E-state index contributed by atoms with van der Waals surface area (Å²) in [6.07, 6.45) is 3.60. The Morgan fingerprint density at radius 1 is 1.32 bits per heavy atom. The molecule has 1 aliphatic rings. The Balaban J connectivity index is 1.43. The second-order valence-electron chi connectivity index (χ2n) is 9.20. The van der Waals surface area contributed by atoms with Crippen molar-refractivity contribution in [1.82, 2.24) is 30.4 Å². The molecule has 0 spiro atoms. The molecule has 0 aliphatic carbocycles. The van der Waals surface area contributed by atoms with Crippen LogP contribution in [0.2, 0.25) is 0 Å². The molecule has 0 saturated carbocycles. The summed E-state index contributed by atoms with van der Waals surface area (Å²) < 4.78 is 21.2. The van der Waals surface area contributed by atoms with Gasteiger partial charge in [-0.25, -0.2) is 4.39 Å². The van der Waals surface area contributed by atoms with E-state index in [1.807, 2.05) is 24.3 Å². The first-order chi connectivity index (χ1) is 19.8. The number of tetrazole rings is 1. The monoisotopic (exact) mass is 600 g/mol. The Kier molecular flexibility index (Phi) is 10.4. The largest absolute Gasteiger partial charge is 0.466 e. The van der Waals surface area contributed by atoms with Crippen LogP contribution in [0.25, 0.3) is 10.1 Å². The number of thiophene rings is 1. The van der Waals surface area contributed by atoms with E-state index in [4.69, 9.17) is 16.3 Å². The van der Waals surface area contributed by atoms with Crippen LogP contribution in [0.15, 0.2) is 65.5 Å². The van der Waals surface area contributed by atoms with Crippen molar-refractivity contribution in [3.63, 3.8) is 0 Å². The summed E-state index contributed by atoms with van der Waals surface area (Å²) in [5.41, 5.74) is 0.681. The first kappa shape index (κ1) is 30.1. The first-order valence-electron chi connectivity index (χ1n) is 13.1. The van der Waals surface area contributed by atoms with Crippen molar-refractivity contribution in [3.05, 3.63) is 76.9 Å². The Morgan fingerprint density at radius 2 is 2.12 bits per heavy atom. The molecular formula is C28H30ClFN6O4S. The summed E-state index contributed by atoms with van der Waals surface area (Å²) in [7, 11) is 0. The van der Waals surface area contributed by atoms with Gasteiger partial charge in [0.05, 0.1) is 43.5 Å². The molecule has 1 unspecified atom stereocenters. The van der Waals surface area contributed by atoms with Gasteiger partial charge in [-0.05, 0) is 42.7 Å². The van der Waals surface area contributed by atoms with Crippen LogP contribution in [0, 0.1) is 0 Å². The van der Waals surface area contributed by atoms with E-state index < -0.39 is 17.8 Å². The number of esters is 1. The lowest BCUT2D eigenvalue weighted by Gasteiger charge is -2.22. The molecule has 2 aromatic heterocycles. The molecule has 0 bridgehead atoms. The maximum atomic E-state index is 15.3. The Hall–Kier alpha value is -3.90. The topological polar surface area (TPSA) is 119 Å². The minimum Gasteiger partial charge on any atom is -0.466 e. The molecule has 1 N–H and O–H groups in total. The van der Waals surface area contributed by atoms with Crippen molar-refractivity contribution < 1.29 is 23.5 Å². The van der Waals surface area contributed by atoms with Gasteiger partial charge in [0.15, 0.2) is 5.82 Å². The lowest BCUT2D eigenvalue weighted by molar-refractivity contribution is -0.143. The summed E-state index contributed by atoms with van der Waals surface area (Å²) >= 11 is 7.46. The van der Waals surface area contributed by atoms with Crippen molar-refractivity contribution >= 4 is 50.8 Å². The van der Waals surface area contributed by atoms with E-state index in [-0.39, 0.29) is 48.4 Å². The van der Waals surface area contributed by atoms with Crippen LogP contribution in [0.4, 0.5) is 4.39 Å². The van der Waals surface area contributed by atoms with E-state index >= 15 is 4.39 Å². The van der Waals surface area contributed by atoms with Crippen LogP contribution in [0.3, 0.4) is 0 Å². The first-order valence-corrected chi connectivity index (χ1v) is 14.5. The number of benzene rings is 1. The highest BCUT2D eigenvalue weighted by Crippen LogP contribution is 2.31. The third kappa shape index (κ3) is 7.44. The minimum atomic E-state index is -0.724.